The molecule has 1 amide bonds. The molecule has 1 aromatic carbocycles. The fourth-order valence-corrected chi connectivity index (χ4v) is 2.01. The standard InChI is InChI=1S/C12H6Cl2N4O5/c13-6-1-2-10(15-5-6)16-12(19)8-3-7(17(20)21)4-9(11(8)14)18(22)23/h1-5H,(H,15,16,19). The van der Waals surface area contributed by atoms with Crippen molar-refractivity contribution in [3.05, 3.63) is 66.3 Å². The topological polar surface area (TPSA) is 128 Å². The Morgan fingerprint density at radius 2 is 1.83 bits per heavy atom. The van der Waals surface area contributed by atoms with Crippen LogP contribution in [0.3, 0.4) is 0 Å². The minimum atomic E-state index is -0.910. The van der Waals surface area contributed by atoms with Crippen molar-refractivity contribution in [2.24, 2.45) is 0 Å². The molecule has 1 heterocycles. The van der Waals surface area contributed by atoms with E-state index in [-0.39, 0.29) is 5.82 Å². The van der Waals surface area contributed by atoms with Gasteiger partial charge in [0.2, 0.25) is 0 Å². The van der Waals surface area contributed by atoms with Crippen LogP contribution < -0.4 is 5.32 Å². The van der Waals surface area contributed by atoms with E-state index < -0.39 is 37.7 Å². The molecule has 0 saturated heterocycles. The van der Waals surface area contributed by atoms with Crippen LogP contribution in [0, 0.1) is 20.2 Å². The number of carbonyl (C=O) groups is 1. The Balaban J connectivity index is 2.44. The Kier molecular flexibility index (Phi) is 4.72. The second-order valence-electron chi connectivity index (χ2n) is 4.16. The highest BCUT2D eigenvalue weighted by Crippen LogP contribution is 2.33. The van der Waals surface area contributed by atoms with Gasteiger partial charge in [-0.25, -0.2) is 4.98 Å². The highest BCUT2D eigenvalue weighted by molar-refractivity contribution is 6.36. The van der Waals surface area contributed by atoms with Gasteiger partial charge in [0.1, 0.15) is 10.8 Å². The Morgan fingerprint density at radius 1 is 1.13 bits per heavy atom. The summed E-state index contributed by atoms with van der Waals surface area (Å²) in [7, 11) is 0. The van der Waals surface area contributed by atoms with Gasteiger partial charge in [-0.05, 0) is 12.1 Å². The molecule has 9 nitrogen and oxygen atoms in total. The summed E-state index contributed by atoms with van der Waals surface area (Å²) in [5.41, 5.74) is -1.78. The number of benzene rings is 1. The molecule has 0 aliphatic heterocycles. The third kappa shape index (κ3) is 3.71. The van der Waals surface area contributed by atoms with Gasteiger partial charge in [0.05, 0.1) is 26.5 Å². The number of nitrogens with one attached hydrogen (secondary N) is 1. The summed E-state index contributed by atoms with van der Waals surface area (Å²) in [5.74, 6) is -0.777. The predicted octanol–water partition coefficient (Wildman–Crippen LogP) is 3.46. The van der Waals surface area contributed by atoms with Crippen molar-refractivity contribution in [2.45, 2.75) is 0 Å². The Labute approximate surface area is 138 Å². The van der Waals surface area contributed by atoms with Crippen molar-refractivity contribution in [3.63, 3.8) is 0 Å². The summed E-state index contributed by atoms with van der Waals surface area (Å²) in [5, 5.41) is 23.9. The molecule has 0 saturated carbocycles. The summed E-state index contributed by atoms with van der Waals surface area (Å²) in [6.45, 7) is 0. The molecule has 0 unspecified atom stereocenters. The number of aromatic nitrogens is 1. The van der Waals surface area contributed by atoms with Gasteiger partial charge in [-0.15, -0.1) is 0 Å². The smallest absolute Gasteiger partial charge is 0.295 e. The number of halogens is 2. The molecule has 11 heteroatoms. The van der Waals surface area contributed by atoms with Crippen LogP contribution in [-0.2, 0) is 0 Å². The van der Waals surface area contributed by atoms with Gasteiger partial charge in [0.15, 0.2) is 0 Å². The van der Waals surface area contributed by atoms with Gasteiger partial charge < -0.3 is 5.32 Å². The maximum absolute atomic E-state index is 12.2. The van der Waals surface area contributed by atoms with Crippen LogP contribution in [0.5, 0.6) is 0 Å². The van der Waals surface area contributed by atoms with E-state index in [2.05, 4.69) is 10.3 Å². The first-order valence-electron chi connectivity index (χ1n) is 5.85. The summed E-state index contributed by atoms with van der Waals surface area (Å²) < 4.78 is 0. The van der Waals surface area contributed by atoms with Gasteiger partial charge in [0.25, 0.3) is 17.3 Å². The molecular formula is C12H6Cl2N4O5. The van der Waals surface area contributed by atoms with Crippen molar-refractivity contribution >= 4 is 46.3 Å². The van der Waals surface area contributed by atoms with Gasteiger partial charge in [-0.3, -0.25) is 25.0 Å². The molecule has 0 spiro atoms. The predicted molar refractivity (Wildman–Crippen MR) is 82.0 cm³/mol. The Hall–Kier alpha value is -2.78. The van der Waals surface area contributed by atoms with E-state index in [4.69, 9.17) is 23.2 Å². The first-order chi connectivity index (χ1) is 10.8. The van der Waals surface area contributed by atoms with Gasteiger partial charge in [0, 0.05) is 12.3 Å². The number of hydrogen-bond donors (Lipinski definition) is 1. The Morgan fingerprint density at radius 3 is 2.35 bits per heavy atom. The van der Waals surface area contributed by atoms with Crippen LogP contribution in [0.15, 0.2) is 30.5 Å². The number of nitrogens with zero attached hydrogens (tertiary/aromatic N) is 3. The second-order valence-corrected chi connectivity index (χ2v) is 4.97. The third-order valence-corrected chi connectivity index (χ3v) is 3.28. The molecule has 0 aliphatic rings. The minimum Gasteiger partial charge on any atom is -0.307 e. The van der Waals surface area contributed by atoms with Crippen LogP contribution in [-0.4, -0.2) is 20.7 Å². The summed E-state index contributed by atoms with van der Waals surface area (Å²) in [6, 6.07) is 4.38. The first-order valence-corrected chi connectivity index (χ1v) is 6.60. The number of rotatable bonds is 4. The van der Waals surface area contributed by atoms with Crippen molar-refractivity contribution in [1.29, 1.82) is 0 Å². The lowest BCUT2D eigenvalue weighted by Crippen LogP contribution is -2.14. The number of anilines is 1. The molecule has 0 bridgehead atoms. The number of hydrogen-bond acceptors (Lipinski definition) is 6. The van der Waals surface area contributed by atoms with Crippen LogP contribution >= 0.6 is 23.2 Å². The molecule has 118 valence electrons. The van der Waals surface area contributed by atoms with Gasteiger partial charge in [-0.2, -0.15) is 0 Å². The summed E-state index contributed by atoms with van der Waals surface area (Å²) >= 11 is 11.5. The average molecular weight is 357 g/mol. The molecule has 23 heavy (non-hydrogen) atoms. The van der Waals surface area contributed by atoms with Crippen LogP contribution in [0.4, 0.5) is 17.2 Å². The number of amides is 1. The zero-order chi connectivity index (χ0) is 17.1. The summed E-state index contributed by atoms with van der Waals surface area (Å²) in [4.78, 5) is 35.9. The van der Waals surface area contributed by atoms with E-state index in [0.29, 0.717) is 11.1 Å². The molecular weight excluding hydrogens is 351 g/mol. The number of nitro benzene ring substituents is 2. The third-order valence-electron chi connectivity index (χ3n) is 2.66. The zero-order valence-electron chi connectivity index (χ0n) is 11.0. The van der Waals surface area contributed by atoms with E-state index in [0.717, 1.165) is 6.07 Å². The second kappa shape index (κ2) is 6.55. The lowest BCUT2D eigenvalue weighted by molar-refractivity contribution is -0.394. The van der Waals surface area contributed by atoms with Crippen LogP contribution in [0.2, 0.25) is 10.0 Å². The van der Waals surface area contributed by atoms with E-state index in [1.165, 1.54) is 18.3 Å². The van der Waals surface area contributed by atoms with Crippen LogP contribution in [0.1, 0.15) is 10.4 Å². The molecule has 2 rings (SSSR count). The van der Waals surface area contributed by atoms with Gasteiger partial charge >= 0.3 is 0 Å². The molecule has 1 N–H and O–H groups in total. The molecule has 2 aromatic rings. The number of nitro groups is 2. The number of pyridine rings is 1. The van der Waals surface area contributed by atoms with Crippen molar-refractivity contribution in [2.75, 3.05) is 5.32 Å². The van der Waals surface area contributed by atoms with Crippen molar-refractivity contribution in [1.82, 2.24) is 4.98 Å². The summed E-state index contributed by atoms with van der Waals surface area (Å²) in [6.07, 6.45) is 1.27. The normalized spacial score (nSPS) is 10.2. The number of carbonyl (C=O) groups excluding carboxylic acids is 1. The largest absolute Gasteiger partial charge is 0.307 e. The van der Waals surface area contributed by atoms with E-state index in [1.807, 2.05) is 0 Å². The lowest BCUT2D eigenvalue weighted by atomic mass is 10.1. The Bertz CT molecular complexity index is 810. The van der Waals surface area contributed by atoms with E-state index in [1.54, 1.807) is 0 Å². The van der Waals surface area contributed by atoms with Gasteiger partial charge in [-0.1, -0.05) is 23.2 Å². The fourth-order valence-electron chi connectivity index (χ4n) is 1.63. The average Bonchev–Trinajstić information content (AvgIpc) is 2.49. The first kappa shape index (κ1) is 16.6. The minimum absolute atomic E-state index is 0.102. The maximum Gasteiger partial charge on any atom is 0.295 e. The van der Waals surface area contributed by atoms with Crippen molar-refractivity contribution in [3.8, 4) is 0 Å². The van der Waals surface area contributed by atoms with Crippen LogP contribution in [0.25, 0.3) is 0 Å². The highest BCUT2D eigenvalue weighted by Gasteiger charge is 2.26. The number of non-ortho nitro benzene ring substituents is 1. The quantitative estimate of drug-likeness (QED) is 0.659. The zero-order valence-corrected chi connectivity index (χ0v) is 12.5. The molecule has 0 atom stereocenters. The molecule has 1 aromatic heterocycles. The molecule has 0 radical (unpaired) electrons. The fraction of sp³-hybridized carbons (Fsp3) is 0. The van der Waals surface area contributed by atoms with E-state index in [9.17, 15) is 25.0 Å². The SMILES string of the molecule is O=C(Nc1ccc(Cl)cn1)c1cc([N+](=O)[O-])cc([N+](=O)[O-])c1Cl. The van der Waals surface area contributed by atoms with E-state index >= 15 is 0 Å². The lowest BCUT2D eigenvalue weighted by Gasteiger charge is -2.06. The monoisotopic (exact) mass is 356 g/mol. The molecule has 0 aliphatic carbocycles. The molecule has 0 fully saturated rings. The maximum atomic E-state index is 12.2. The highest BCUT2D eigenvalue weighted by atomic mass is 35.5. The van der Waals surface area contributed by atoms with Crippen molar-refractivity contribution < 1.29 is 14.6 Å².